The van der Waals surface area contributed by atoms with Gasteiger partial charge in [0.2, 0.25) is 0 Å². The number of nitrogens with zero attached hydrogens (tertiary/aromatic N) is 3. The average molecular weight is 203 g/mol. The van der Waals surface area contributed by atoms with E-state index in [1.54, 1.807) is 0 Å². The van der Waals surface area contributed by atoms with Gasteiger partial charge in [0.15, 0.2) is 0 Å². The van der Waals surface area contributed by atoms with Gasteiger partial charge in [-0.2, -0.15) is 0 Å². The Labute approximate surface area is 90.4 Å². The third-order valence-electron chi connectivity index (χ3n) is 2.65. The van der Waals surface area contributed by atoms with Gasteiger partial charge in [-0.25, -0.2) is 0 Å². The first-order valence-corrected chi connectivity index (χ1v) is 5.23. The highest BCUT2D eigenvalue weighted by Gasteiger charge is 2.14. The predicted molar refractivity (Wildman–Crippen MR) is 63.6 cm³/mol. The maximum Gasteiger partial charge on any atom is 0.0874 e. The highest BCUT2D eigenvalue weighted by molar-refractivity contribution is 5.77. The van der Waals surface area contributed by atoms with Gasteiger partial charge in [-0.3, -0.25) is 4.98 Å². The van der Waals surface area contributed by atoms with Crippen LogP contribution in [0.5, 0.6) is 0 Å². The third kappa shape index (κ3) is 1.58. The van der Waals surface area contributed by atoms with Crippen LogP contribution in [-0.2, 0) is 0 Å². The SMILES string of the molecule is CC(C)c1cn2ccncc2c1N(C)C. The third-order valence-corrected chi connectivity index (χ3v) is 2.65. The Morgan fingerprint density at radius 1 is 1.33 bits per heavy atom. The molecule has 0 saturated heterocycles. The average Bonchev–Trinajstić information content (AvgIpc) is 2.56. The van der Waals surface area contributed by atoms with Crippen LogP contribution >= 0.6 is 0 Å². The first-order chi connectivity index (χ1) is 7.11. The van der Waals surface area contributed by atoms with Gasteiger partial charge in [0, 0.05) is 32.7 Å². The molecule has 2 aromatic heterocycles. The lowest BCUT2D eigenvalue weighted by Gasteiger charge is -2.15. The molecule has 0 bridgehead atoms. The molecule has 0 unspecified atom stereocenters. The van der Waals surface area contributed by atoms with E-state index in [0.717, 1.165) is 0 Å². The molecule has 0 aliphatic heterocycles. The van der Waals surface area contributed by atoms with E-state index in [1.807, 2.05) is 18.6 Å². The summed E-state index contributed by atoms with van der Waals surface area (Å²) in [7, 11) is 4.16. The molecule has 0 aromatic carbocycles. The summed E-state index contributed by atoms with van der Waals surface area (Å²) >= 11 is 0. The van der Waals surface area contributed by atoms with Crippen LogP contribution in [0.2, 0.25) is 0 Å². The smallest absolute Gasteiger partial charge is 0.0874 e. The van der Waals surface area contributed by atoms with Gasteiger partial charge in [-0.1, -0.05) is 13.8 Å². The van der Waals surface area contributed by atoms with Crippen LogP contribution < -0.4 is 4.90 Å². The summed E-state index contributed by atoms with van der Waals surface area (Å²) in [6.45, 7) is 4.43. The highest BCUT2D eigenvalue weighted by Crippen LogP contribution is 2.31. The number of anilines is 1. The molecular weight excluding hydrogens is 186 g/mol. The fourth-order valence-electron chi connectivity index (χ4n) is 1.94. The molecular formula is C12H17N3. The molecule has 0 radical (unpaired) electrons. The zero-order chi connectivity index (χ0) is 11.0. The lowest BCUT2D eigenvalue weighted by molar-refractivity contribution is 0.860. The maximum absolute atomic E-state index is 4.18. The topological polar surface area (TPSA) is 20.5 Å². The van der Waals surface area contributed by atoms with Crippen molar-refractivity contribution in [3.63, 3.8) is 0 Å². The number of fused-ring (bicyclic) bond motifs is 1. The molecule has 2 heterocycles. The molecule has 0 saturated carbocycles. The molecule has 2 rings (SSSR count). The lowest BCUT2D eigenvalue weighted by atomic mass is 10.1. The summed E-state index contributed by atoms with van der Waals surface area (Å²) in [4.78, 5) is 6.34. The predicted octanol–water partition coefficient (Wildman–Crippen LogP) is 2.52. The molecule has 2 aromatic rings. The Hall–Kier alpha value is -1.51. The minimum absolute atomic E-state index is 0.530. The lowest BCUT2D eigenvalue weighted by Crippen LogP contribution is -2.10. The quantitative estimate of drug-likeness (QED) is 0.747. The van der Waals surface area contributed by atoms with E-state index in [9.17, 15) is 0 Å². The molecule has 0 aliphatic carbocycles. The van der Waals surface area contributed by atoms with Gasteiger partial charge in [0.1, 0.15) is 0 Å². The second-order valence-corrected chi connectivity index (χ2v) is 4.35. The van der Waals surface area contributed by atoms with E-state index in [4.69, 9.17) is 0 Å². The van der Waals surface area contributed by atoms with Crippen LogP contribution in [0.1, 0.15) is 25.3 Å². The highest BCUT2D eigenvalue weighted by atomic mass is 15.1. The van der Waals surface area contributed by atoms with E-state index >= 15 is 0 Å². The molecule has 0 amide bonds. The second kappa shape index (κ2) is 3.57. The molecule has 0 spiro atoms. The molecule has 3 nitrogen and oxygen atoms in total. The first kappa shape index (κ1) is 10.0. The molecule has 0 N–H and O–H groups in total. The van der Waals surface area contributed by atoms with E-state index in [0.29, 0.717) is 5.92 Å². The van der Waals surface area contributed by atoms with Crippen molar-refractivity contribution in [2.45, 2.75) is 19.8 Å². The van der Waals surface area contributed by atoms with Crippen LogP contribution in [-0.4, -0.2) is 23.5 Å². The fourth-order valence-corrected chi connectivity index (χ4v) is 1.94. The van der Waals surface area contributed by atoms with E-state index in [-0.39, 0.29) is 0 Å². The number of aromatic nitrogens is 2. The summed E-state index contributed by atoms with van der Waals surface area (Å²) in [6, 6.07) is 0. The van der Waals surface area contributed by atoms with Gasteiger partial charge in [0.25, 0.3) is 0 Å². The van der Waals surface area contributed by atoms with Crippen molar-refractivity contribution in [1.82, 2.24) is 9.38 Å². The van der Waals surface area contributed by atoms with E-state index in [1.165, 1.54) is 16.8 Å². The normalized spacial score (nSPS) is 11.3. The van der Waals surface area contributed by atoms with Crippen LogP contribution in [0.25, 0.3) is 5.52 Å². The van der Waals surface area contributed by atoms with Gasteiger partial charge in [0.05, 0.1) is 17.4 Å². The van der Waals surface area contributed by atoms with Crippen molar-refractivity contribution in [2.24, 2.45) is 0 Å². The Morgan fingerprint density at radius 2 is 2.07 bits per heavy atom. The minimum atomic E-state index is 0.530. The van der Waals surface area contributed by atoms with Crippen molar-refractivity contribution >= 4 is 11.2 Å². The molecule has 0 atom stereocenters. The Balaban J connectivity index is 2.75. The van der Waals surface area contributed by atoms with E-state index < -0.39 is 0 Å². The summed E-state index contributed by atoms with van der Waals surface area (Å²) in [5.74, 6) is 0.530. The largest absolute Gasteiger partial charge is 0.376 e. The summed E-state index contributed by atoms with van der Waals surface area (Å²) in [6.07, 6.45) is 7.92. The number of rotatable bonds is 2. The van der Waals surface area contributed by atoms with Crippen molar-refractivity contribution in [3.8, 4) is 0 Å². The van der Waals surface area contributed by atoms with Gasteiger partial charge in [-0.15, -0.1) is 0 Å². The monoisotopic (exact) mass is 203 g/mol. The molecule has 80 valence electrons. The Bertz CT molecular complexity index is 469. The van der Waals surface area contributed by atoms with Crippen LogP contribution in [0.4, 0.5) is 5.69 Å². The zero-order valence-electron chi connectivity index (χ0n) is 9.73. The first-order valence-electron chi connectivity index (χ1n) is 5.23. The Kier molecular flexibility index (Phi) is 2.39. The number of hydrogen-bond acceptors (Lipinski definition) is 2. The molecule has 3 heteroatoms. The van der Waals surface area contributed by atoms with Crippen molar-refractivity contribution < 1.29 is 0 Å². The summed E-state index contributed by atoms with van der Waals surface area (Å²) in [5, 5.41) is 0. The molecule has 15 heavy (non-hydrogen) atoms. The second-order valence-electron chi connectivity index (χ2n) is 4.35. The fraction of sp³-hybridized carbons (Fsp3) is 0.417. The van der Waals surface area contributed by atoms with Crippen LogP contribution in [0, 0.1) is 0 Å². The Morgan fingerprint density at radius 3 is 2.67 bits per heavy atom. The number of hydrogen-bond donors (Lipinski definition) is 0. The van der Waals surface area contributed by atoms with Crippen LogP contribution in [0.15, 0.2) is 24.8 Å². The molecule has 0 aliphatic rings. The maximum atomic E-state index is 4.18. The van der Waals surface area contributed by atoms with Crippen molar-refractivity contribution in [2.75, 3.05) is 19.0 Å². The van der Waals surface area contributed by atoms with Crippen LogP contribution in [0.3, 0.4) is 0 Å². The zero-order valence-corrected chi connectivity index (χ0v) is 9.73. The van der Waals surface area contributed by atoms with Crippen molar-refractivity contribution in [3.05, 3.63) is 30.4 Å². The molecule has 0 fully saturated rings. The summed E-state index contributed by atoms with van der Waals surface area (Å²) < 4.78 is 2.14. The van der Waals surface area contributed by atoms with Gasteiger partial charge >= 0.3 is 0 Å². The van der Waals surface area contributed by atoms with Gasteiger partial charge in [-0.05, 0) is 11.5 Å². The van der Waals surface area contributed by atoms with E-state index in [2.05, 4.69) is 48.4 Å². The minimum Gasteiger partial charge on any atom is -0.376 e. The van der Waals surface area contributed by atoms with Gasteiger partial charge < -0.3 is 9.30 Å². The standard InChI is InChI=1S/C12H17N3/c1-9(2)10-8-15-6-5-13-7-11(15)12(10)14(3)4/h5-9H,1-4H3. The summed E-state index contributed by atoms with van der Waals surface area (Å²) in [5.41, 5.74) is 3.82. The van der Waals surface area contributed by atoms with Crippen molar-refractivity contribution in [1.29, 1.82) is 0 Å².